The van der Waals surface area contributed by atoms with Crippen LogP contribution in [0.4, 0.5) is 0 Å². The Bertz CT molecular complexity index is 961. The van der Waals surface area contributed by atoms with Gasteiger partial charge in [0.2, 0.25) is 5.88 Å². The van der Waals surface area contributed by atoms with Crippen molar-refractivity contribution in [1.29, 1.82) is 0 Å². The van der Waals surface area contributed by atoms with Gasteiger partial charge in [-0.15, -0.1) is 10.2 Å². The second-order valence-electron chi connectivity index (χ2n) is 4.59. The van der Waals surface area contributed by atoms with Crippen LogP contribution in [-0.4, -0.2) is 20.2 Å². The third-order valence-electron chi connectivity index (χ3n) is 3.09. The SMILES string of the molecule is Brc1ccc(-c2nnc(COc3ncnc4ccccc34)o2)o1. The first-order chi connectivity index (χ1) is 11.3. The van der Waals surface area contributed by atoms with E-state index in [9.17, 15) is 0 Å². The van der Waals surface area contributed by atoms with Crippen LogP contribution in [0.1, 0.15) is 5.89 Å². The van der Waals surface area contributed by atoms with Gasteiger partial charge in [0.1, 0.15) is 6.33 Å². The number of halogens is 1. The molecular weight excluding hydrogens is 364 g/mol. The summed E-state index contributed by atoms with van der Waals surface area (Å²) in [5, 5.41) is 8.69. The van der Waals surface area contributed by atoms with Crippen LogP contribution in [0.15, 0.2) is 56.2 Å². The van der Waals surface area contributed by atoms with E-state index in [4.69, 9.17) is 13.6 Å². The fourth-order valence-electron chi connectivity index (χ4n) is 2.07. The molecule has 0 saturated heterocycles. The molecule has 0 amide bonds. The topological polar surface area (TPSA) is 87.1 Å². The van der Waals surface area contributed by atoms with Gasteiger partial charge in [0.05, 0.1) is 10.9 Å². The quantitative estimate of drug-likeness (QED) is 0.540. The highest BCUT2D eigenvalue weighted by Gasteiger charge is 2.13. The third kappa shape index (κ3) is 2.80. The summed E-state index contributed by atoms with van der Waals surface area (Å²) in [6, 6.07) is 11.1. The summed E-state index contributed by atoms with van der Waals surface area (Å²) in [7, 11) is 0. The van der Waals surface area contributed by atoms with E-state index in [2.05, 4.69) is 36.1 Å². The second kappa shape index (κ2) is 5.81. The highest BCUT2D eigenvalue weighted by atomic mass is 79.9. The zero-order valence-electron chi connectivity index (χ0n) is 11.6. The van der Waals surface area contributed by atoms with Crippen molar-refractivity contribution < 1.29 is 13.6 Å². The zero-order chi connectivity index (χ0) is 15.6. The lowest BCUT2D eigenvalue weighted by molar-refractivity contribution is 0.257. The summed E-state index contributed by atoms with van der Waals surface area (Å²) in [5.74, 6) is 1.58. The molecule has 0 aliphatic rings. The molecule has 7 nitrogen and oxygen atoms in total. The molecule has 23 heavy (non-hydrogen) atoms. The number of nitrogens with zero attached hydrogens (tertiary/aromatic N) is 4. The molecule has 0 unspecified atom stereocenters. The van der Waals surface area contributed by atoms with Gasteiger partial charge in [-0.05, 0) is 40.2 Å². The Kier molecular flexibility index (Phi) is 3.51. The molecular formula is C15H9BrN4O3. The van der Waals surface area contributed by atoms with Crippen LogP contribution < -0.4 is 4.74 Å². The Hall–Kier alpha value is -2.74. The van der Waals surface area contributed by atoms with Crippen molar-refractivity contribution in [1.82, 2.24) is 20.2 Å². The first-order valence-electron chi connectivity index (χ1n) is 6.70. The van der Waals surface area contributed by atoms with Crippen molar-refractivity contribution in [3.8, 4) is 17.5 Å². The second-order valence-corrected chi connectivity index (χ2v) is 5.37. The van der Waals surface area contributed by atoms with Gasteiger partial charge in [-0.3, -0.25) is 0 Å². The van der Waals surface area contributed by atoms with Gasteiger partial charge in [-0.2, -0.15) is 0 Å². The van der Waals surface area contributed by atoms with Crippen molar-refractivity contribution in [2.24, 2.45) is 0 Å². The Morgan fingerprint density at radius 2 is 1.91 bits per heavy atom. The van der Waals surface area contributed by atoms with Crippen LogP contribution in [0.25, 0.3) is 22.6 Å². The Morgan fingerprint density at radius 1 is 1.00 bits per heavy atom. The van der Waals surface area contributed by atoms with Crippen LogP contribution in [0, 0.1) is 0 Å². The molecule has 0 bridgehead atoms. The van der Waals surface area contributed by atoms with Crippen LogP contribution >= 0.6 is 15.9 Å². The van der Waals surface area contributed by atoms with E-state index in [0.29, 0.717) is 28.1 Å². The van der Waals surface area contributed by atoms with E-state index < -0.39 is 0 Å². The van der Waals surface area contributed by atoms with Gasteiger partial charge in [0, 0.05) is 0 Å². The van der Waals surface area contributed by atoms with Crippen molar-refractivity contribution in [2.75, 3.05) is 0 Å². The van der Waals surface area contributed by atoms with Crippen LogP contribution in [0.5, 0.6) is 5.88 Å². The van der Waals surface area contributed by atoms with Gasteiger partial charge < -0.3 is 13.6 Å². The normalized spacial score (nSPS) is 11.0. The smallest absolute Gasteiger partial charge is 0.283 e. The van der Waals surface area contributed by atoms with Gasteiger partial charge in [-0.1, -0.05) is 12.1 Å². The van der Waals surface area contributed by atoms with Crippen molar-refractivity contribution in [2.45, 2.75) is 6.61 Å². The number of fused-ring (bicyclic) bond motifs is 1. The maximum Gasteiger partial charge on any atom is 0.283 e. The lowest BCUT2D eigenvalue weighted by Gasteiger charge is -2.04. The molecule has 0 spiro atoms. The fourth-order valence-corrected chi connectivity index (χ4v) is 2.37. The molecule has 4 rings (SSSR count). The molecule has 114 valence electrons. The molecule has 0 saturated carbocycles. The van der Waals surface area contributed by atoms with E-state index in [1.807, 2.05) is 24.3 Å². The van der Waals surface area contributed by atoms with E-state index in [1.165, 1.54) is 6.33 Å². The van der Waals surface area contributed by atoms with Crippen molar-refractivity contribution in [3.05, 3.63) is 53.3 Å². The van der Waals surface area contributed by atoms with Gasteiger partial charge in [0.15, 0.2) is 17.0 Å². The summed E-state index contributed by atoms with van der Waals surface area (Å²) in [5.41, 5.74) is 0.809. The van der Waals surface area contributed by atoms with Gasteiger partial charge in [-0.25, -0.2) is 9.97 Å². The summed E-state index contributed by atoms with van der Waals surface area (Å²) >= 11 is 3.23. The van der Waals surface area contributed by atoms with Crippen LogP contribution in [0.2, 0.25) is 0 Å². The summed E-state index contributed by atoms with van der Waals surface area (Å²) in [4.78, 5) is 8.33. The minimum atomic E-state index is 0.107. The number of benzene rings is 1. The summed E-state index contributed by atoms with van der Waals surface area (Å²) in [6.07, 6.45) is 1.46. The van der Waals surface area contributed by atoms with Gasteiger partial charge in [0.25, 0.3) is 11.8 Å². The van der Waals surface area contributed by atoms with E-state index in [0.717, 1.165) is 10.9 Å². The molecule has 0 aliphatic carbocycles. The lowest BCUT2D eigenvalue weighted by Crippen LogP contribution is -1.99. The average Bonchev–Trinajstić information content (AvgIpc) is 3.21. The van der Waals surface area contributed by atoms with Gasteiger partial charge >= 0.3 is 0 Å². The molecule has 3 aromatic heterocycles. The molecule has 1 aromatic carbocycles. The van der Waals surface area contributed by atoms with Crippen molar-refractivity contribution in [3.63, 3.8) is 0 Å². The van der Waals surface area contributed by atoms with Crippen LogP contribution in [0.3, 0.4) is 0 Å². The van der Waals surface area contributed by atoms with Crippen LogP contribution in [-0.2, 0) is 6.61 Å². The number of hydrogen-bond acceptors (Lipinski definition) is 7. The third-order valence-corrected chi connectivity index (χ3v) is 3.52. The first kappa shape index (κ1) is 13.9. The fraction of sp³-hybridized carbons (Fsp3) is 0.0667. The molecule has 0 fully saturated rings. The average molecular weight is 373 g/mol. The molecule has 4 aromatic rings. The Morgan fingerprint density at radius 3 is 2.78 bits per heavy atom. The molecule has 0 radical (unpaired) electrons. The number of para-hydroxylation sites is 1. The van der Waals surface area contributed by atoms with E-state index >= 15 is 0 Å². The molecule has 0 aliphatic heterocycles. The molecule has 8 heteroatoms. The standard InChI is InChI=1S/C15H9BrN4O3/c16-12-6-5-11(22-12)15-20-19-13(23-15)7-21-14-9-3-1-2-4-10(9)17-8-18-14/h1-6,8H,7H2. The summed E-state index contributed by atoms with van der Waals surface area (Å²) < 4.78 is 17.1. The highest BCUT2D eigenvalue weighted by molar-refractivity contribution is 9.10. The summed E-state index contributed by atoms with van der Waals surface area (Å²) in [6.45, 7) is 0.107. The minimum Gasteiger partial charge on any atom is -0.467 e. The van der Waals surface area contributed by atoms with E-state index in [1.54, 1.807) is 12.1 Å². The molecule has 0 atom stereocenters. The number of hydrogen-bond donors (Lipinski definition) is 0. The Labute approximate surface area is 138 Å². The molecule has 0 N–H and O–H groups in total. The Balaban J connectivity index is 1.54. The maximum atomic E-state index is 5.67. The zero-order valence-corrected chi connectivity index (χ0v) is 13.2. The largest absolute Gasteiger partial charge is 0.467 e. The van der Waals surface area contributed by atoms with E-state index in [-0.39, 0.29) is 6.61 Å². The van der Waals surface area contributed by atoms with Crippen molar-refractivity contribution >= 4 is 26.8 Å². The predicted molar refractivity (Wildman–Crippen MR) is 83.6 cm³/mol. The first-order valence-corrected chi connectivity index (χ1v) is 7.49. The lowest BCUT2D eigenvalue weighted by atomic mass is 10.2. The number of ether oxygens (including phenoxy) is 1. The monoisotopic (exact) mass is 372 g/mol. The number of furan rings is 1. The number of rotatable bonds is 4. The number of aromatic nitrogens is 4. The predicted octanol–water partition coefficient (Wildman–Crippen LogP) is 3.61. The molecule has 3 heterocycles. The maximum absolute atomic E-state index is 5.67. The highest BCUT2D eigenvalue weighted by Crippen LogP contribution is 2.25. The minimum absolute atomic E-state index is 0.107.